The third kappa shape index (κ3) is 5.06. The summed E-state index contributed by atoms with van der Waals surface area (Å²) in [7, 11) is 0. The van der Waals surface area contributed by atoms with Gasteiger partial charge in [-0.25, -0.2) is 24.4 Å². The third-order valence-electron chi connectivity index (χ3n) is 5.02. The van der Waals surface area contributed by atoms with E-state index in [9.17, 15) is 14.4 Å². The summed E-state index contributed by atoms with van der Waals surface area (Å²) in [4.78, 5) is 46.9. The highest BCUT2D eigenvalue weighted by Gasteiger charge is 2.36. The van der Waals surface area contributed by atoms with Gasteiger partial charge < -0.3 is 28.9 Å². The number of aryl methyl sites for hydroxylation is 1. The number of amides is 2. The molecule has 35 heavy (non-hydrogen) atoms. The number of rotatable bonds is 8. The van der Waals surface area contributed by atoms with Crippen LogP contribution < -0.4 is 10.6 Å². The summed E-state index contributed by atoms with van der Waals surface area (Å²) < 4.78 is 21.4. The third-order valence-corrected chi connectivity index (χ3v) is 5.70. The number of ether oxygens (including phenoxy) is 2. The molecule has 2 N–H and O–H groups in total. The second kappa shape index (κ2) is 10.5. The van der Waals surface area contributed by atoms with E-state index in [1.54, 1.807) is 44.4 Å². The van der Waals surface area contributed by atoms with Gasteiger partial charge in [0.25, 0.3) is 0 Å². The van der Waals surface area contributed by atoms with Crippen LogP contribution in [0.25, 0.3) is 11.6 Å². The molecule has 0 saturated carbocycles. The maximum Gasteiger partial charge on any atom is 0.343 e. The highest BCUT2D eigenvalue weighted by molar-refractivity contribution is 7.98. The van der Waals surface area contributed by atoms with Crippen LogP contribution in [0, 0.1) is 6.92 Å². The number of carbonyl (C=O) groups excluding carboxylic acids is 3. The van der Waals surface area contributed by atoms with E-state index in [4.69, 9.17) is 18.3 Å². The van der Waals surface area contributed by atoms with Gasteiger partial charge in [-0.1, -0.05) is 0 Å². The molecule has 2 amide bonds. The monoisotopic (exact) mass is 498 g/mol. The van der Waals surface area contributed by atoms with Crippen molar-refractivity contribution in [2.24, 2.45) is 0 Å². The Balaban J connectivity index is 1.63. The SMILES string of the molecule is CCOC(=O)C1=C(COC(=O)c2c(C)nc(-c3ccco3)nc2SC)NC(=O)NC1c1ccco1. The van der Waals surface area contributed by atoms with E-state index in [-0.39, 0.29) is 23.4 Å². The minimum absolute atomic E-state index is 0.0698. The fraction of sp³-hybridized carbons (Fsp3) is 0.261. The number of hydrogen-bond donors (Lipinski definition) is 2. The molecule has 12 heteroatoms. The van der Waals surface area contributed by atoms with Gasteiger partial charge in [-0.2, -0.15) is 0 Å². The Morgan fingerprint density at radius 3 is 2.54 bits per heavy atom. The lowest BCUT2D eigenvalue weighted by Crippen LogP contribution is -2.47. The minimum atomic E-state index is -0.911. The lowest BCUT2D eigenvalue weighted by atomic mass is 10.0. The lowest BCUT2D eigenvalue weighted by molar-refractivity contribution is -0.139. The first kappa shape index (κ1) is 24.1. The van der Waals surface area contributed by atoms with Gasteiger partial charge in [-0.15, -0.1) is 11.8 Å². The molecule has 0 radical (unpaired) electrons. The Morgan fingerprint density at radius 1 is 1.11 bits per heavy atom. The molecule has 4 heterocycles. The number of nitrogens with one attached hydrogen (secondary N) is 2. The Morgan fingerprint density at radius 2 is 1.89 bits per heavy atom. The summed E-state index contributed by atoms with van der Waals surface area (Å²) in [5.74, 6) is -0.258. The summed E-state index contributed by atoms with van der Waals surface area (Å²) in [6.07, 6.45) is 4.70. The van der Waals surface area contributed by atoms with Gasteiger partial charge in [0, 0.05) is 0 Å². The number of esters is 2. The minimum Gasteiger partial charge on any atom is -0.467 e. The summed E-state index contributed by atoms with van der Waals surface area (Å²) in [6, 6.07) is 5.18. The van der Waals surface area contributed by atoms with Gasteiger partial charge in [0.2, 0.25) is 0 Å². The zero-order chi connectivity index (χ0) is 24.9. The number of aromatic nitrogens is 2. The van der Waals surface area contributed by atoms with E-state index < -0.39 is 30.6 Å². The molecule has 0 spiro atoms. The van der Waals surface area contributed by atoms with E-state index >= 15 is 0 Å². The first-order chi connectivity index (χ1) is 16.9. The first-order valence-corrected chi connectivity index (χ1v) is 11.8. The molecule has 1 aliphatic heterocycles. The predicted molar refractivity (Wildman–Crippen MR) is 123 cm³/mol. The van der Waals surface area contributed by atoms with Crippen molar-refractivity contribution in [3.05, 3.63) is 65.1 Å². The normalized spacial score (nSPS) is 15.4. The van der Waals surface area contributed by atoms with E-state index in [0.717, 1.165) is 0 Å². The van der Waals surface area contributed by atoms with E-state index in [1.807, 2.05) is 0 Å². The average molecular weight is 499 g/mol. The molecule has 3 aromatic rings. The number of nitrogens with zero attached hydrogens (tertiary/aromatic N) is 2. The molecule has 0 aliphatic carbocycles. The van der Waals surface area contributed by atoms with Gasteiger partial charge in [0.15, 0.2) is 11.6 Å². The van der Waals surface area contributed by atoms with E-state index in [2.05, 4.69) is 20.6 Å². The molecule has 0 bridgehead atoms. The zero-order valence-electron chi connectivity index (χ0n) is 19.1. The van der Waals surface area contributed by atoms with Crippen molar-refractivity contribution in [2.45, 2.75) is 24.9 Å². The zero-order valence-corrected chi connectivity index (χ0v) is 19.9. The maximum atomic E-state index is 13.1. The van der Waals surface area contributed by atoms with Crippen LogP contribution >= 0.6 is 11.8 Å². The van der Waals surface area contributed by atoms with Crippen molar-refractivity contribution in [1.82, 2.24) is 20.6 Å². The standard InChI is InChI=1S/C23H22N4O7S/c1-4-31-22(29)17-13(25-23(30)26-18(17)14-7-5-9-32-14)11-34-21(28)16-12(2)24-19(27-20(16)35-3)15-8-6-10-33-15/h5-10,18H,4,11H2,1-3H3,(H2,25,26,30). The molecule has 4 rings (SSSR count). The van der Waals surface area contributed by atoms with Gasteiger partial charge in [0.1, 0.15) is 29.0 Å². The summed E-state index contributed by atoms with van der Waals surface area (Å²) in [5, 5.41) is 5.56. The topological polar surface area (TPSA) is 146 Å². The molecule has 0 aromatic carbocycles. The fourth-order valence-electron chi connectivity index (χ4n) is 3.51. The Bertz CT molecular complexity index is 1270. The smallest absolute Gasteiger partial charge is 0.343 e. The average Bonchev–Trinajstić information content (AvgIpc) is 3.56. The first-order valence-electron chi connectivity index (χ1n) is 10.6. The number of thioether (sulfide) groups is 1. The van der Waals surface area contributed by atoms with Crippen LogP contribution in [-0.4, -0.2) is 47.4 Å². The molecular formula is C23H22N4O7S. The van der Waals surface area contributed by atoms with Crippen molar-refractivity contribution >= 4 is 29.7 Å². The summed E-state index contributed by atoms with van der Waals surface area (Å²) in [6.45, 7) is 3.04. The highest BCUT2D eigenvalue weighted by atomic mass is 32.2. The number of carbonyl (C=O) groups is 3. The molecule has 1 atom stereocenters. The molecule has 0 fully saturated rings. The van der Waals surface area contributed by atoms with E-state index in [1.165, 1.54) is 24.3 Å². The van der Waals surface area contributed by atoms with Crippen LogP contribution in [-0.2, 0) is 14.3 Å². The number of furan rings is 2. The van der Waals surface area contributed by atoms with Crippen molar-refractivity contribution in [3.8, 4) is 11.6 Å². The molecule has 3 aromatic heterocycles. The molecular weight excluding hydrogens is 476 g/mol. The van der Waals surface area contributed by atoms with Crippen LogP contribution in [0.2, 0.25) is 0 Å². The molecule has 1 unspecified atom stereocenters. The van der Waals surface area contributed by atoms with E-state index in [0.29, 0.717) is 28.1 Å². The maximum absolute atomic E-state index is 13.1. The second-order valence-corrected chi connectivity index (χ2v) is 8.02. The van der Waals surface area contributed by atoms with Gasteiger partial charge in [-0.3, -0.25) is 0 Å². The molecule has 1 aliphatic rings. The van der Waals surface area contributed by atoms with Crippen LogP contribution in [0.3, 0.4) is 0 Å². The number of hydrogen-bond acceptors (Lipinski definition) is 10. The lowest BCUT2D eigenvalue weighted by Gasteiger charge is -2.27. The Hall–Kier alpha value is -4.06. The predicted octanol–water partition coefficient (Wildman–Crippen LogP) is 3.39. The highest BCUT2D eigenvalue weighted by Crippen LogP contribution is 2.29. The van der Waals surface area contributed by atoms with Gasteiger partial charge >= 0.3 is 18.0 Å². The quantitative estimate of drug-likeness (QED) is 0.269. The summed E-state index contributed by atoms with van der Waals surface area (Å²) >= 11 is 1.25. The van der Waals surface area contributed by atoms with Crippen molar-refractivity contribution in [1.29, 1.82) is 0 Å². The van der Waals surface area contributed by atoms with Crippen LogP contribution in [0.5, 0.6) is 0 Å². The van der Waals surface area contributed by atoms with Crippen molar-refractivity contribution in [2.75, 3.05) is 19.5 Å². The molecule has 11 nitrogen and oxygen atoms in total. The Labute approximate surface area is 204 Å². The number of urea groups is 1. The second-order valence-electron chi connectivity index (χ2n) is 7.23. The van der Waals surface area contributed by atoms with Crippen LogP contribution in [0.15, 0.2) is 61.9 Å². The van der Waals surface area contributed by atoms with Crippen molar-refractivity contribution in [3.63, 3.8) is 0 Å². The van der Waals surface area contributed by atoms with Gasteiger partial charge in [0.05, 0.1) is 36.1 Å². The fourth-order valence-corrected chi connectivity index (χ4v) is 4.12. The Kier molecular flexibility index (Phi) is 7.20. The molecule has 182 valence electrons. The molecule has 0 saturated heterocycles. The van der Waals surface area contributed by atoms with Crippen LogP contribution in [0.4, 0.5) is 4.79 Å². The van der Waals surface area contributed by atoms with Crippen molar-refractivity contribution < 1.29 is 32.7 Å². The van der Waals surface area contributed by atoms with Crippen LogP contribution in [0.1, 0.15) is 34.8 Å². The largest absolute Gasteiger partial charge is 0.467 e. The van der Waals surface area contributed by atoms with Gasteiger partial charge in [-0.05, 0) is 44.4 Å². The summed E-state index contributed by atoms with van der Waals surface area (Å²) in [5.41, 5.74) is 0.718.